The number of ether oxygens (including phenoxy) is 1. The second-order valence-electron chi connectivity index (χ2n) is 3.39. The molecule has 90 valence electrons. The van der Waals surface area contributed by atoms with E-state index in [1.807, 2.05) is 18.3 Å². The highest BCUT2D eigenvalue weighted by Crippen LogP contribution is 2.04. The molecule has 0 aliphatic heterocycles. The predicted octanol–water partition coefficient (Wildman–Crippen LogP) is -0.357. The van der Waals surface area contributed by atoms with Crippen molar-refractivity contribution in [1.82, 2.24) is 14.6 Å². The van der Waals surface area contributed by atoms with Gasteiger partial charge in [0.1, 0.15) is 12.4 Å². The SMILES string of the molecule is NC(=O)COCCNc1ccn2nccc2n1. The lowest BCUT2D eigenvalue weighted by Crippen LogP contribution is -2.20. The van der Waals surface area contributed by atoms with Crippen LogP contribution in [-0.4, -0.2) is 40.3 Å². The van der Waals surface area contributed by atoms with Gasteiger partial charge in [-0.2, -0.15) is 5.10 Å². The summed E-state index contributed by atoms with van der Waals surface area (Å²) in [4.78, 5) is 14.7. The molecule has 0 radical (unpaired) electrons. The summed E-state index contributed by atoms with van der Waals surface area (Å²) in [5, 5.41) is 7.11. The quantitative estimate of drug-likeness (QED) is 0.667. The number of rotatable bonds is 6. The number of carbonyl (C=O) groups excluding carboxylic acids is 1. The van der Waals surface area contributed by atoms with Crippen LogP contribution in [0.25, 0.3) is 5.65 Å². The van der Waals surface area contributed by atoms with Gasteiger partial charge in [-0.25, -0.2) is 9.50 Å². The minimum Gasteiger partial charge on any atom is -0.370 e. The number of carbonyl (C=O) groups is 1. The summed E-state index contributed by atoms with van der Waals surface area (Å²) >= 11 is 0. The van der Waals surface area contributed by atoms with E-state index < -0.39 is 5.91 Å². The van der Waals surface area contributed by atoms with Crippen LogP contribution >= 0.6 is 0 Å². The third-order valence-corrected chi connectivity index (χ3v) is 2.05. The molecule has 3 N–H and O–H groups in total. The molecule has 7 heteroatoms. The molecule has 1 amide bonds. The lowest BCUT2D eigenvalue weighted by molar-refractivity contribution is -0.122. The van der Waals surface area contributed by atoms with E-state index in [0.717, 1.165) is 11.5 Å². The second kappa shape index (κ2) is 5.26. The second-order valence-corrected chi connectivity index (χ2v) is 3.39. The molecule has 0 atom stereocenters. The molecule has 0 fully saturated rings. The van der Waals surface area contributed by atoms with E-state index in [2.05, 4.69) is 15.4 Å². The average molecular weight is 235 g/mol. The van der Waals surface area contributed by atoms with Gasteiger partial charge in [0, 0.05) is 18.8 Å². The number of aromatic nitrogens is 3. The average Bonchev–Trinajstić information content (AvgIpc) is 2.75. The minimum absolute atomic E-state index is 0.0588. The molecule has 7 nitrogen and oxygen atoms in total. The molecule has 0 saturated carbocycles. The van der Waals surface area contributed by atoms with Crippen LogP contribution in [0, 0.1) is 0 Å². The van der Waals surface area contributed by atoms with Crippen molar-refractivity contribution in [3.8, 4) is 0 Å². The highest BCUT2D eigenvalue weighted by Gasteiger charge is 1.98. The molecule has 17 heavy (non-hydrogen) atoms. The van der Waals surface area contributed by atoms with E-state index in [1.165, 1.54) is 0 Å². The summed E-state index contributed by atoms with van der Waals surface area (Å²) in [5.74, 6) is 0.268. The summed E-state index contributed by atoms with van der Waals surface area (Å²) < 4.78 is 6.68. The Hall–Kier alpha value is -2.15. The molecular formula is C10H13N5O2. The molecule has 0 bridgehead atoms. The molecule has 0 aliphatic carbocycles. The number of hydrogen-bond donors (Lipinski definition) is 2. The highest BCUT2D eigenvalue weighted by molar-refractivity contribution is 5.74. The normalized spacial score (nSPS) is 10.6. The van der Waals surface area contributed by atoms with Crippen molar-refractivity contribution in [2.75, 3.05) is 25.1 Å². The molecule has 0 aliphatic rings. The first-order valence-corrected chi connectivity index (χ1v) is 5.16. The van der Waals surface area contributed by atoms with Gasteiger partial charge in [-0.3, -0.25) is 4.79 Å². The number of fused-ring (bicyclic) bond motifs is 1. The zero-order valence-electron chi connectivity index (χ0n) is 9.17. The van der Waals surface area contributed by atoms with Crippen molar-refractivity contribution in [1.29, 1.82) is 0 Å². The highest BCUT2D eigenvalue weighted by atomic mass is 16.5. The van der Waals surface area contributed by atoms with Crippen LogP contribution in [0.4, 0.5) is 5.82 Å². The fraction of sp³-hybridized carbons (Fsp3) is 0.300. The molecule has 2 aromatic rings. The van der Waals surface area contributed by atoms with Crippen molar-refractivity contribution < 1.29 is 9.53 Å². The largest absolute Gasteiger partial charge is 0.370 e. The zero-order valence-corrected chi connectivity index (χ0v) is 9.17. The summed E-state index contributed by atoms with van der Waals surface area (Å²) in [6, 6.07) is 3.63. The van der Waals surface area contributed by atoms with Gasteiger partial charge in [0.25, 0.3) is 0 Å². The van der Waals surface area contributed by atoms with Crippen LogP contribution in [0.3, 0.4) is 0 Å². The standard InChI is InChI=1S/C10H13N5O2/c11-8(16)7-17-6-4-12-9-2-5-15-10(14-9)1-3-13-15/h1-3,5H,4,6-7H2,(H2,11,16)(H,12,14). The Balaban J connectivity index is 1.80. The number of nitrogens with two attached hydrogens (primary N) is 1. The predicted molar refractivity (Wildman–Crippen MR) is 61.5 cm³/mol. The smallest absolute Gasteiger partial charge is 0.243 e. The zero-order chi connectivity index (χ0) is 12.1. The summed E-state index contributed by atoms with van der Waals surface area (Å²) in [5.41, 5.74) is 5.70. The van der Waals surface area contributed by atoms with Crippen LogP contribution in [0.15, 0.2) is 24.5 Å². The first-order valence-electron chi connectivity index (χ1n) is 5.16. The van der Waals surface area contributed by atoms with Gasteiger partial charge in [-0.05, 0) is 6.07 Å². The lowest BCUT2D eigenvalue weighted by atomic mass is 10.5. The minimum atomic E-state index is -0.469. The van der Waals surface area contributed by atoms with Crippen molar-refractivity contribution >= 4 is 17.4 Å². The van der Waals surface area contributed by atoms with E-state index in [-0.39, 0.29) is 6.61 Å². The Morgan fingerprint density at radius 2 is 2.41 bits per heavy atom. The topological polar surface area (TPSA) is 94.5 Å². The maximum atomic E-state index is 10.4. The molecule has 2 rings (SSSR count). The summed E-state index contributed by atoms with van der Waals surface area (Å²) in [6.45, 7) is 0.899. The molecule has 0 spiro atoms. The Morgan fingerprint density at radius 1 is 1.53 bits per heavy atom. The molecular weight excluding hydrogens is 222 g/mol. The molecule has 2 heterocycles. The lowest BCUT2D eigenvalue weighted by Gasteiger charge is -2.05. The maximum absolute atomic E-state index is 10.4. The fourth-order valence-corrected chi connectivity index (χ4v) is 1.34. The maximum Gasteiger partial charge on any atom is 0.243 e. The molecule has 0 unspecified atom stereocenters. The Kier molecular flexibility index (Phi) is 3.51. The van der Waals surface area contributed by atoms with Crippen molar-refractivity contribution in [3.05, 3.63) is 24.5 Å². The van der Waals surface area contributed by atoms with E-state index >= 15 is 0 Å². The van der Waals surface area contributed by atoms with E-state index in [9.17, 15) is 4.79 Å². The number of nitrogens with zero attached hydrogens (tertiary/aromatic N) is 3. The fourth-order valence-electron chi connectivity index (χ4n) is 1.34. The van der Waals surface area contributed by atoms with Gasteiger partial charge in [-0.15, -0.1) is 0 Å². The molecule has 2 aromatic heterocycles. The van der Waals surface area contributed by atoms with Crippen molar-refractivity contribution in [2.45, 2.75) is 0 Å². The van der Waals surface area contributed by atoms with Crippen LogP contribution in [0.2, 0.25) is 0 Å². The summed E-state index contributed by atoms with van der Waals surface area (Å²) in [7, 11) is 0. The van der Waals surface area contributed by atoms with Crippen LogP contribution < -0.4 is 11.1 Å². The van der Waals surface area contributed by atoms with Crippen molar-refractivity contribution in [2.24, 2.45) is 5.73 Å². The molecule has 0 aromatic carbocycles. The monoisotopic (exact) mass is 235 g/mol. The van der Waals surface area contributed by atoms with Gasteiger partial charge < -0.3 is 15.8 Å². The van der Waals surface area contributed by atoms with Gasteiger partial charge in [0.05, 0.1) is 12.8 Å². The Labute approximate surface area is 97.6 Å². The Bertz CT molecular complexity index is 510. The van der Waals surface area contributed by atoms with Crippen LogP contribution in [0.5, 0.6) is 0 Å². The van der Waals surface area contributed by atoms with Gasteiger partial charge >= 0.3 is 0 Å². The number of nitrogens with one attached hydrogen (secondary N) is 1. The third kappa shape index (κ3) is 3.15. The van der Waals surface area contributed by atoms with Gasteiger partial charge in [-0.1, -0.05) is 0 Å². The van der Waals surface area contributed by atoms with E-state index in [4.69, 9.17) is 10.5 Å². The molecule has 0 saturated heterocycles. The summed E-state index contributed by atoms with van der Waals surface area (Å²) in [6.07, 6.45) is 3.50. The van der Waals surface area contributed by atoms with Crippen LogP contribution in [0.1, 0.15) is 0 Å². The van der Waals surface area contributed by atoms with Gasteiger partial charge in [0.15, 0.2) is 5.65 Å². The van der Waals surface area contributed by atoms with Crippen LogP contribution in [-0.2, 0) is 9.53 Å². The number of primary amides is 1. The first-order chi connectivity index (χ1) is 8.25. The van der Waals surface area contributed by atoms with E-state index in [1.54, 1.807) is 10.7 Å². The van der Waals surface area contributed by atoms with E-state index in [0.29, 0.717) is 13.2 Å². The Morgan fingerprint density at radius 3 is 3.24 bits per heavy atom. The first kappa shape index (κ1) is 11.3. The number of hydrogen-bond acceptors (Lipinski definition) is 5. The third-order valence-electron chi connectivity index (χ3n) is 2.05. The number of amides is 1. The van der Waals surface area contributed by atoms with Gasteiger partial charge in [0.2, 0.25) is 5.91 Å². The number of anilines is 1. The van der Waals surface area contributed by atoms with Crippen molar-refractivity contribution in [3.63, 3.8) is 0 Å².